The Balaban J connectivity index is 1.25. The summed E-state index contributed by atoms with van der Waals surface area (Å²) in [4.78, 5) is 34.6. The van der Waals surface area contributed by atoms with Crippen LogP contribution in [0.15, 0.2) is 24.3 Å². The van der Waals surface area contributed by atoms with Crippen molar-refractivity contribution in [3.8, 4) is 40.4 Å². The van der Waals surface area contributed by atoms with Gasteiger partial charge in [-0.2, -0.15) is 9.97 Å². The molecule has 12 nitrogen and oxygen atoms in total. The van der Waals surface area contributed by atoms with Gasteiger partial charge in [0.1, 0.15) is 67.0 Å². The number of carbonyl (C=O) groups excluding carboxylic acids is 1. The fourth-order valence-corrected chi connectivity index (χ4v) is 17.3. The molecule has 5 atom stereocenters. The molecular formula is C50H63F3N6O6Si. The Bertz CT molecular complexity index is 2590. The first-order chi connectivity index (χ1) is 31.4. The van der Waals surface area contributed by atoms with E-state index in [0.29, 0.717) is 48.3 Å². The summed E-state index contributed by atoms with van der Waals surface area (Å²) in [5.41, 5.74) is 3.43. The van der Waals surface area contributed by atoms with Crippen molar-refractivity contribution < 1.29 is 41.7 Å². The van der Waals surface area contributed by atoms with Gasteiger partial charge in [0.15, 0.2) is 12.6 Å². The van der Waals surface area contributed by atoms with Gasteiger partial charge in [0.2, 0.25) is 5.88 Å². The molecular weight excluding hydrogens is 866 g/mol. The Morgan fingerprint density at radius 1 is 0.985 bits per heavy atom. The van der Waals surface area contributed by atoms with E-state index >= 15 is 8.78 Å². The van der Waals surface area contributed by atoms with Crippen molar-refractivity contribution in [3.05, 3.63) is 41.5 Å². The monoisotopic (exact) mass is 928 g/mol. The third-order valence-electron chi connectivity index (χ3n) is 14.9. The van der Waals surface area contributed by atoms with Crippen molar-refractivity contribution in [2.75, 3.05) is 51.7 Å². The zero-order valence-corrected chi connectivity index (χ0v) is 40.9. The molecule has 66 heavy (non-hydrogen) atoms. The van der Waals surface area contributed by atoms with Crippen LogP contribution in [0.1, 0.15) is 100.0 Å². The highest BCUT2D eigenvalue weighted by molar-refractivity contribution is 6.90. The summed E-state index contributed by atoms with van der Waals surface area (Å²) in [7, 11) is -0.860. The SMILES string of the molecule is COCOc1cc(-c2nc3c4c(nc(OC[C@@]56CCCN5C[C@H](F)C6)nc4c2F)N2C[C@@H]4CC[C@H]([C@@H]2CO3)N4C(=O)OC(C)(C)C)c2c(C#C[Si](C(C)C)(C(C)C)C(C)C)c(F)ccc2c1. The molecule has 0 saturated carbocycles. The number of amides is 1. The van der Waals surface area contributed by atoms with Gasteiger partial charge in [-0.05, 0) is 93.2 Å². The van der Waals surface area contributed by atoms with Crippen molar-refractivity contribution in [1.82, 2.24) is 24.8 Å². The molecule has 0 spiro atoms. The number of benzene rings is 2. The molecule has 2 bridgehead atoms. The molecule has 0 unspecified atom stereocenters. The zero-order chi connectivity index (χ0) is 47.0. The number of rotatable bonds is 10. The summed E-state index contributed by atoms with van der Waals surface area (Å²) in [5.74, 6) is 2.81. The van der Waals surface area contributed by atoms with Crippen LogP contribution >= 0.6 is 0 Å². The Morgan fingerprint density at radius 2 is 1.74 bits per heavy atom. The summed E-state index contributed by atoms with van der Waals surface area (Å²) in [6.07, 6.45) is 2.07. The molecule has 4 fully saturated rings. The quantitative estimate of drug-likeness (QED) is 0.0861. The van der Waals surface area contributed by atoms with Crippen molar-refractivity contribution in [1.29, 1.82) is 0 Å². The van der Waals surface area contributed by atoms with E-state index in [9.17, 15) is 9.18 Å². The summed E-state index contributed by atoms with van der Waals surface area (Å²) in [6.45, 7) is 20.3. The molecule has 2 aromatic heterocycles. The van der Waals surface area contributed by atoms with Gasteiger partial charge in [0, 0.05) is 37.6 Å². The maximum absolute atomic E-state index is 18.1. The number of pyridine rings is 1. The van der Waals surface area contributed by atoms with E-state index in [4.69, 9.17) is 38.6 Å². The van der Waals surface area contributed by atoms with Crippen molar-refractivity contribution in [2.24, 2.45) is 0 Å². The van der Waals surface area contributed by atoms with E-state index in [1.807, 2.05) is 25.7 Å². The van der Waals surface area contributed by atoms with Crippen molar-refractivity contribution >= 4 is 41.7 Å². The van der Waals surface area contributed by atoms with Crippen LogP contribution in [0.25, 0.3) is 32.9 Å². The zero-order valence-electron chi connectivity index (χ0n) is 39.9. The predicted molar refractivity (Wildman–Crippen MR) is 251 cm³/mol. The van der Waals surface area contributed by atoms with Crippen LogP contribution in [0.2, 0.25) is 16.6 Å². The van der Waals surface area contributed by atoms with E-state index in [0.717, 1.165) is 25.8 Å². The smallest absolute Gasteiger partial charge is 0.410 e. The number of nitrogens with zero attached hydrogens (tertiary/aromatic N) is 6. The van der Waals surface area contributed by atoms with Crippen LogP contribution in [0.3, 0.4) is 0 Å². The van der Waals surface area contributed by atoms with E-state index < -0.39 is 49.2 Å². The van der Waals surface area contributed by atoms with Gasteiger partial charge in [-0.25, -0.2) is 22.9 Å². The number of fused-ring (bicyclic) bond motifs is 7. The largest absolute Gasteiger partial charge is 0.475 e. The summed E-state index contributed by atoms with van der Waals surface area (Å²) in [5, 5.41) is 1.19. The highest BCUT2D eigenvalue weighted by Crippen LogP contribution is 2.48. The van der Waals surface area contributed by atoms with E-state index in [2.05, 4.69) is 62.8 Å². The molecule has 4 aromatic rings. The lowest BCUT2D eigenvalue weighted by molar-refractivity contribution is 0.00537. The average Bonchev–Trinajstić information content (AvgIpc) is 3.86. The highest BCUT2D eigenvalue weighted by atomic mass is 28.3. The first kappa shape index (κ1) is 46.3. The van der Waals surface area contributed by atoms with E-state index in [1.54, 1.807) is 18.2 Å². The number of anilines is 1. The molecule has 9 rings (SSSR count). The average molecular weight is 929 g/mol. The van der Waals surface area contributed by atoms with Gasteiger partial charge >= 0.3 is 12.1 Å². The number of methoxy groups -OCH3 is 1. The lowest BCUT2D eigenvalue weighted by Gasteiger charge is -2.46. The Labute approximate surface area is 386 Å². The molecule has 2 aromatic carbocycles. The number of hydrogen-bond acceptors (Lipinski definition) is 11. The molecule has 354 valence electrons. The van der Waals surface area contributed by atoms with Gasteiger partial charge in [0.25, 0.3) is 0 Å². The number of hydrogen-bond donors (Lipinski definition) is 0. The van der Waals surface area contributed by atoms with E-state index in [-0.39, 0.29) is 88.3 Å². The Kier molecular flexibility index (Phi) is 12.2. The minimum Gasteiger partial charge on any atom is -0.475 e. The number of halogens is 3. The Morgan fingerprint density at radius 3 is 2.45 bits per heavy atom. The lowest BCUT2D eigenvalue weighted by atomic mass is 9.95. The number of carbonyl (C=O) groups is 1. The topological polar surface area (TPSA) is 112 Å². The minimum absolute atomic E-state index is 0.0670. The maximum atomic E-state index is 18.1. The molecule has 0 aliphatic carbocycles. The highest BCUT2D eigenvalue weighted by Gasteiger charge is 2.53. The molecule has 16 heteroatoms. The van der Waals surface area contributed by atoms with Gasteiger partial charge in [-0.3, -0.25) is 9.80 Å². The molecule has 1 amide bonds. The standard InChI is InChI=1S/C50H63F3N6O6Si/c1-28(2)66(29(3)4,30(5)6)19-16-35-37(52)14-12-31-20-34(64-27-61-10)21-36(40(31)35)43-42(53)44-41-45(56-47(55-44)63-26-50-17-11-18-57(50)23-32(51)22-50)58-24-33-13-15-38(39(58)25-62-46(41)54-43)59(33)48(60)65-49(7,8)9/h12,14,20-21,28-30,32-33,38-39H,11,13,15,17-18,22-27H2,1-10H3/t32-,33+,38-,39+,50+/m1/s1. The van der Waals surface area contributed by atoms with Crippen LogP contribution in [0, 0.1) is 23.1 Å². The third kappa shape index (κ3) is 7.90. The molecule has 5 aliphatic rings. The normalized spacial score (nSPS) is 23.9. The summed E-state index contributed by atoms with van der Waals surface area (Å²) < 4.78 is 79.9. The number of alkyl halides is 1. The van der Waals surface area contributed by atoms with Crippen LogP contribution < -0.4 is 19.1 Å². The minimum atomic E-state index is -2.36. The van der Waals surface area contributed by atoms with Gasteiger partial charge < -0.3 is 28.6 Å². The lowest BCUT2D eigenvalue weighted by Crippen LogP contribution is -2.63. The molecule has 5 aliphatic heterocycles. The van der Waals surface area contributed by atoms with Gasteiger partial charge in [0.05, 0.1) is 29.2 Å². The summed E-state index contributed by atoms with van der Waals surface area (Å²) in [6, 6.07) is 5.41. The fraction of sp³-hybridized carbons (Fsp3) is 0.600. The van der Waals surface area contributed by atoms with E-state index in [1.165, 1.54) is 13.2 Å². The van der Waals surface area contributed by atoms with Crippen molar-refractivity contribution in [3.63, 3.8) is 0 Å². The number of aromatic nitrogens is 3. The molecule has 0 radical (unpaired) electrons. The van der Waals surface area contributed by atoms with Crippen molar-refractivity contribution in [2.45, 2.75) is 146 Å². The van der Waals surface area contributed by atoms with Gasteiger partial charge in [-0.15, -0.1) is 5.54 Å². The third-order valence-corrected chi connectivity index (χ3v) is 21.2. The first-order valence-electron chi connectivity index (χ1n) is 23.6. The first-order valence-corrected chi connectivity index (χ1v) is 25.8. The van der Waals surface area contributed by atoms with Crippen LogP contribution in [-0.2, 0) is 9.47 Å². The van der Waals surface area contributed by atoms with Crippen LogP contribution in [0.5, 0.6) is 17.6 Å². The second kappa shape index (κ2) is 17.3. The van der Waals surface area contributed by atoms with Gasteiger partial charge in [-0.1, -0.05) is 53.5 Å². The predicted octanol–water partition coefficient (Wildman–Crippen LogP) is 9.98. The number of piperazine rings is 1. The molecule has 0 N–H and O–H groups in total. The van der Waals surface area contributed by atoms with Crippen LogP contribution in [0.4, 0.5) is 23.8 Å². The maximum Gasteiger partial charge on any atom is 0.410 e. The number of ether oxygens (including phenoxy) is 5. The molecule has 7 heterocycles. The Hall–Kier alpha value is -4.85. The fourth-order valence-electron chi connectivity index (χ4n) is 12.1. The second-order valence-electron chi connectivity index (χ2n) is 20.9. The summed E-state index contributed by atoms with van der Waals surface area (Å²) >= 11 is 0. The molecule has 4 saturated heterocycles. The van der Waals surface area contributed by atoms with Crippen LogP contribution in [-0.4, -0.2) is 121 Å². The second-order valence-corrected chi connectivity index (χ2v) is 26.5.